The number of benzene rings is 2. The maximum atomic E-state index is 13.5. The van der Waals surface area contributed by atoms with Crippen LogP contribution in [0, 0.1) is 6.92 Å². The largest absolute Gasteiger partial charge is 0.355 e. The summed E-state index contributed by atoms with van der Waals surface area (Å²) in [5, 5.41) is 2.78. The maximum absolute atomic E-state index is 13.5. The number of rotatable bonds is 10. The van der Waals surface area contributed by atoms with Gasteiger partial charge in [0, 0.05) is 17.6 Å². The minimum absolute atomic E-state index is 0.201. The second kappa shape index (κ2) is 11.5. The van der Waals surface area contributed by atoms with E-state index in [4.69, 9.17) is 0 Å². The van der Waals surface area contributed by atoms with Crippen molar-refractivity contribution >= 4 is 43.5 Å². The summed E-state index contributed by atoms with van der Waals surface area (Å²) in [5.41, 5.74) is 2.33. The van der Waals surface area contributed by atoms with Crippen LogP contribution < -0.4 is 9.62 Å². The normalized spacial score (nSPS) is 12.2. The molecular formula is C23H30BrN3O4S. The number of likely N-dealkylation sites (N-methyl/N-ethyl adjacent to an activating group) is 1. The van der Waals surface area contributed by atoms with E-state index in [1.807, 2.05) is 45.0 Å². The van der Waals surface area contributed by atoms with Gasteiger partial charge in [-0.15, -0.1) is 0 Å². The molecule has 0 saturated carbocycles. The molecular weight excluding hydrogens is 494 g/mol. The monoisotopic (exact) mass is 523 g/mol. The van der Waals surface area contributed by atoms with Crippen molar-refractivity contribution in [1.82, 2.24) is 10.2 Å². The van der Waals surface area contributed by atoms with Crippen LogP contribution in [-0.2, 0) is 26.2 Å². The molecule has 0 fully saturated rings. The molecule has 0 heterocycles. The summed E-state index contributed by atoms with van der Waals surface area (Å²) in [5.74, 6) is -0.706. The fourth-order valence-electron chi connectivity index (χ4n) is 3.32. The number of anilines is 1. The van der Waals surface area contributed by atoms with Crippen molar-refractivity contribution < 1.29 is 18.0 Å². The van der Waals surface area contributed by atoms with Gasteiger partial charge in [0.1, 0.15) is 12.6 Å². The average molecular weight is 524 g/mol. The molecule has 9 heteroatoms. The van der Waals surface area contributed by atoms with Gasteiger partial charge in [-0.2, -0.15) is 0 Å². The second-order valence-corrected chi connectivity index (χ2v) is 10.4. The van der Waals surface area contributed by atoms with Gasteiger partial charge in [-0.3, -0.25) is 13.9 Å². The Labute approximate surface area is 199 Å². The molecule has 0 spiro atoms. The van der Waals surface area contributed by atoms with E-state index in [9.17, 15) is 18.0 Å². The van der Waals surface area contributed by atoms with Crippen molar-refractivity contribution in [3.63, 3.8) is 0 Å². The molecule has 0 bridgehead atoms. The smallest absolute Gasteiger partial charge is 0.244 e. The highest BCUT2D eigenvalue weighted by molar-refractivity contribution is 9.10. The number of halogens is 1. The first-order valence-electron chi connectivity index (χ1n) is 10.4. The van der Waals surface area contributed by atoms with E-state index in [0.29, 0.717) is 18.7 Å². The number of amides is 2. The number of nitrogens with zero attached hydrogens (tertiary/aromatic N) is 2. The SMILES string of the molecule is CCNC(=O)C(CC)N(Cc1ccc(C)cc1)C(=O)CN(c1ccc(Br)cc1)S(C)(=O)=O. The number of aryl methyl sites for hydroxylation is 1. The Morgan fingerprint density at radius 1 is 1.03 bits per heavy atom. The molecule has 2 amide bonds. The lowest BCUT2D eigenvalue weighted by Crippen LogP contribution is -2.52. The van der Waals surface area contributed by atoms with Gasteiger partial charge in [-0.05, 0) is 50.1 Å². The third-order valence-electron chi connectivity index (χ3n) is 5.00. The lowest BCUT2D eigenvalue weighted by Gasteiger charge is -2.32. The molecule has 1 unspecified atom stereocenters. The maximum Gasteiger partial charge on any atom is 0.244 e. The Morgan fingerprint density at radius 2 is 1.62 bits per heavy atom. The van der Waals surface area contributed by atoms with Crippen LogP contribution in [-0.4, -0.2) is 50.5 Å². The van der Waals surface area contributed by atoms with E-state index < -0.39 is 28.5 Å². The molecule has 1 atom stereocenters. The fraction of sp³-hybridized carbons (Fsp3) is 0.391. The van der Waals surface area contributed by atoms with Crippen molar-refractivity contribution in [1.29, 1.82) is 0 Å². The van der Waals surface area contributed by atoms with Crippen molar-refractivity contribution in [2.24, 2.45) is 0 Å². The van der Waals surface area contributed by atoms with E-state index in [1.165, 1.54) is 4.90 Å². The highest BCUT2D eigenvalue weighted by Crippen LogP contribution is 2.22. The lowest BCUT2D eigenvalue weighted by molar-refractivity contribution is -0.140. The third kappa shape index (κ3) is 7.06. The predicted molar refractivity (Wildman–Crippen MR) is 131 cm³/mol. The zero-order chi connectivity index (χ0) is 23.9. The molecule has 0 aliphatic carbocycles. The number of carbonyl (C=O) groups is 2. The molecule has 0 aromatic heterocycles. The lowest BCUT2D eigenvalue weighted by atomic mass is 10.1. The van der Waals surface area contributed by atoms with Crippen molar-refractivity contribution in [3.8, 4) is 0 Å². The summed E-state index contributed by atoms with van der Waals surface area (Å²) in [6, 6.07) is 13.7. The van der Waals surface area contributed by atoms with Gasteiger partial charge in [0.15, 0.2) is 0 Å². The fourth-order valence-corrected chi connectivity index (χ4v) is 4.44. The van der Waals surface area contributed by atoms with Crippen molar-refractivity contribution in [2.75, 3.05) is 23.7 Å². The molecule has 2 rings (SSSR count). The van der Waals surface area contributed by atoms with Gasteiger partial charge in [0.2, 0.25) is 21.8 Å². The first-order valence-corrected chi connectivity index (χ1v) is 13.1. The standard InChI is InChI=1S/C23H30BrN3O4S/c1-5-21(23(29)25-6-2)26(15-18-9-7-17(3)8-10-18)22(28)16-27(32(4,30)31)20-13-11-19(24)12-14-20/h7-14,21H,5-6,15-16H2,1-4H3,(H,25,29). The van der Waals surface area contributed by atoms with Gasteiger partial charge in [-0.25, -0.2) is 8.42 Å². The summed E-state index contributed by atoms with van der Waals surface area (Å²) < 4.78 is 26.9. The third-order valence-corrected chi connectivity index (χ3v) is 6.67. The Morgan fingerprint density at radius 3 is 2.12 bits per heavy atom. The first-order chi connectivity index (χ1) is 15.1. The molecule has 2 aromatic rings. The highest BCUT2D eigenvalue weighted by atomic mass is 79.9. The Hall–Kier alpha value is -2.39. The number of hydrogen-bond donors (Lipinski definition) is 1. The van der Waals surface area contributed by atoms with Gasteiger partial charge >= 0.3 is 0 Å². The molecule has 32 heavy (non-hydrogen) atoms. The second-order valence-electron chi connectivity index (χ2n) is 7.57. The van der Waals surface area contributed by atoms with Crippen molar-refractivity contribution in [2.45, 2.75) is 39.8 Å². The summed E-state index contributed by atoms with van der Waals surface area (Å²) in [6.45, 7) is 5.86. The number of sulfonamides is 1. The zero-order valence-corrected chi connectivity index (χ0v) is 21.2. The van der Waals surface area contributed by atoms with Crippen LogP contribution in [0.25, 0.3) is 0 Å². The Balaban J connectivity index is 2.40. The predicted octanol–water partition coefficient (Wildman–Crippen LogP) is 3.47. The van der Waals surface area contributed by atoms with E-state index in [2.05, 4.69) is 21.2 Å². The molecule has 0 saturated heterocycles. The van der Waals surface area contributed by atoms with Crippen LogP contribution >= 0.6 is 15.9 Å². The van der Waals surface area contributed by atoms with Gasteiger partial charge in [0.25, 0.3) is 0 Å². The van der Waals surface area contributed by atoms with E-state index in [0.717, 1.165) is 26.2 Å². The molecule has 0 aliphatic rings. The molecule has 0 aliphatic heterocycles. The highest BCUT2D eigenvalue weighted by Gasteiger charge is 2.31. The Kier molecular flexibility index (Phi) is 9.27. The van der Waals surface area contributed by atoms with Gasteiger partial charge < -0.3 is 10.2 Å². The number of nitrogens with one attached hydrogen (secondary N) is 1. The van der Waals surface area contributed by atoms with Crippen LogP contribution in [0.15, 0.2) is 53.0 Å². The van der Waals surface area contributed by atoms with Gasteiger partial charge in [-0.1, -0.05) is 52.7 Å². The van der Waals surface area contributed by atoms with Crippen LogP contribution in [0.5, 0.6) is 0 Å². The minimum Gasteiger partial charge on any atom is -0.355 e. The zero-order valence-electron chi connectivity index (χ0n) is 18.8. The van der Waals surface area contributed by atoms with Gasteiger partial charge in [0.05, 0.1) is 11.9 Å². The number of hydrogen-bond acceptors (Lipinski definition) is 4. The molecule has 1 N–H and O–H groups in total. The summed E-state index contributed by atoms with van der Waals surface area (Å²) in [7, 11) is -3.73. The van der Waals surface area contributed by atoms with Crippen molar-refractivity contribution in [3.05, 3.63) is 64.1 Å². The Bertz CT molecular complexity index is 1020. The van der Waals surface area contributed by atoms with E-state index in [1.54, 1.807) is 24.3 Å². The average Bonchev–Trinajstić information content (AvgIpc) is 2.73. The summed E-state index contributed by atoms with van der Waals surface area (Å²) in [4.78, 5) is 27.6. The molecule has 2 aromatic carbocycles. The summed E-state index contributed by atoms with van der Waals surface area (Å²) in [6.07, 6.45) is 1.47. The van der Waals surface area contributed by atoms with Crippen LogP contribution in [0.4, 0.5) is 5.69 Å². The molecule has 0 radical (unpaired) electrons. The first kappa shape index (κ1) is 25.9. The number of carbonyl (C=O) groups excluding carboxylic acids is 2. The van der Waals surface area contributed by atoms with Crippen LogP contribution in [0.2, 0.25) is 0 Å². The minimum atomic E-state index is -3.73. The summed E-state index contributed by atoms with van der Waals surface area (Å²) >= 11 is 3.33. The van der Waals surface area contributed by atoms with Crippen LogP contribution in [0.1, 0.15) is 31.4 Å². The quantitative estimate of drug-likeness (QED) is 0.516. The van der Waals surface area contributed by atoms with E-state index in [-0.39, 0.29) is 12.5 Å². The molecule has 174 valence electrons. The topological polar surface area (TPSA) is 86.8 Å². The molecule has 7 nitrogen and oxygen atoms in total. The van der Waals surface area contributed by atoms with E-state index >= 15 is 0 Å². The van der Waals surface area contributed by atoms with Crippen LogP contribution in [0.3, 0.4) is 0 Å².